The summed E-state index contributed by atoms with van der Waals surface area (Å²) in [5.74, 6) is -0.989. The van der Waals surface area contributed by atoms with Crippen LogP contribution in [0.1, 0.15) is 111 Å². The van der Waals surface area contributed by atoms with E-state index in [4.69, 9.17) is 4.74 Å². The number of allylic oxidation sites excluding steroid dienone is 8. The van der Waals surface area contributed by atoms with E-state index < -0.39 is 39.5 Å². The lowest BCUT2D eigenvalue weighted by Crippen LogP contribution is -2.69. The number of ketones is 3. The number of rotatable bonds is 10. The molecule has 0 unspecified atom stereocenters. The zero-order chi connectivity index (χ0) is 32.0. The third kappa shape index (κ3) is 5.54. The van der Waals surface area contributed by atoms with Crippen molar-refractivity contribution >= 4 is 17.3 Å². The molecule has 4 rings (SSSR count). The molecule has 2 fully saturated rings. The minimum atomic E-state index is -1.90. The van der Waals surface area contributed by atoms with Gasteiger partial charge < -0.3 is 9.84 Å². The first-order chi connectivity index (χ1) is 20.0. The number of ether oxygens (including phenoxy) is 1. The SMILES string of the molecule is CC(C)=CCC/C(C)=C/C[C@@H]1C[C@@]23C[C@H](C(C)(C)O)OC2=C(CC=C(C)C)C(=O)[C@](C(=O)c2ccccc2)(C3=O)C1(C)C. The minimum Gasteiger partial charge on any atom is -0.490 e. The van der Waals surface area contributed by atoms with E-state index in [1.54, 1.807) is 38.1 Å². The first kappa shape index (κ1) is 32.9. The van der Waals surface area contributed by atoms with Gasteiger partial charge in [-0.15, -0.1) is 0 Å². The highest BCUT2D eigenvalue weighted by molar-refractivity contribution is 6.36. The number of hydrogen-bond acceptors (Lipinski definition) is 5. The lowest BCUT2D eigenvalue weighted by molar-refractivity contribution is -0.162. The maximum atomic E-state index is 15.1. The normalized spacial score (nSPS) is 28.3. The van der Waals surface area contributed by atoms with E-state index in [9.17, 15) is 9.90 Å². The monoisotopic (exact) mass is 586 g/mol. The second-order valence-electron chi connectivity index (χ2n) is 14.7. The highest BCUT2D eigenvalue weighted by Gasteiger charge is 2.77. The Morgan fingerprint density at radius 3 is 2.19 bits per heavy atom. The maximum absolute atomic E-state index is 15.1. The van der Waals surface area contributed by atoms with E-state index >= 15 is 9.59 Å². The Morgan fingerprint density at radius 2 is 1.60 bits per heavy atom. The third-order valence-corrected chi connectivity index (χ3v) is 10.2. The summed E-state index contributed by atoms with van der Waals surface area (Å²) in [7, 11) is 0. The molecular weight excluding hydrogens is 536 g/mol. The number of benzene rings is 1. The van der Waals surface area contributed by atoms with Crippen LogP contribution in [0.3, 0.4) is 0 Å². The van der Waals surface area contributed by atoms with Crippen LogP contribution in [0, 0.1) is 22.2 Å². The van der Waals surface area contributed by atoms with Gasteiger partial charge in [0.2, 0.25) is 0 Å². The van der Waals surface area contributed by atoms with Crippen molar-refractivity contribution in [3.8, 4) is 0 Å². The predicted molar refractivity (Wildman–Crippen MR) is 171 cm³/mol. The molecule has 5 nitrogen and oxygen atoms in total. The summed E-state index contributed by atoms with van der Waals surface area (Å²) in [6.45, 7) is 17.5. The molecule has 0 amide bonds. The third-order valence-electron chi connectivity index (χ3n) is 10.2. The predicted octanol–water partition coefficient (Wildman–Crippen LogP) is 8.29. The lowest BCUT2D eigenvalue weighted by atomic mass is 9.39. The molecule has 3 aliphatic rings. The van der Waals surface area contributed by atoms with E-state index in [-0.39, 0.29) is 24.5 Å². The summed E-state index contributed by atoms with van der Waals surface area (Å²) < 4.78 is 6.47. The average molecular weight is 587 g/mol. The van der Waals surface area contributed by atoms with E-state index in [1.807, 2.05) is 39.8 Å². The van der Waals surface area contributed by atoms with Crippen molar-refractivity contribution in [2.75, 3.05) is 0 Å². The molecule has 1 spiro atoms. The lowest BCUT2D eigenvalue weighted by Gasteiger charge is -2.58. The number of carbonyl (C=O) groups is 3. The molecule has 2 bridgehead atoms. The van der Waals surface area contributed by atoms with Gasteiger partial charge in [-0.05, 0) is 91.9 Å². The summed E-state index contributed by atoms with van der Waals surface area (Å²) >= 11 is 0. The number of hydrogen-bond donors (Lipinski definition) is 1. The molecule has 1 aliphatic heterocycles. The zero-order valence-electron chi connectivity index (χ0n) is 27.6. The molecule has 1 heterocycles. The van der Waals surface area contributed by atoms with E-state index in [2.05, 4.69) is 32.9 Å². The molecule has 1 aromatic carbocycles. The molecule has 4 atom stereocenters. The Hall–Kier alpha value is -3.05. The molecule has 1 saturated carbocycles. The van der Waals surface area contributed by atoms with Crippen LogP contribution < -0.4 is 0 Å². The van der Waals surface area contributed by atoms with Crippen LogP contribution in [0.2, 0.25) is 0 Å². The zero-order valence-corrected chi connectivity index (χ0v) is 27.6. The van der Waals surface area contributed by atoms with Crippen LogP contribution in [0.25, 0.3) is 0 Å². The molecule has 43 heavy (non-hydrogen) atoms. The molecule has 2 aliphatic carbocycles. The number of fused-ring (bicyclic) bond motifs is 1. The second-order valence-corrected chi connectivity index (χ2v) is 14.7. The fourth-order valence-corrected chi connectivity index (χ4v) is 7.49. The number of aliphatic hydroxyl groups is 1. The van der Waals surface area contributed by atoms with Gasteiger partial charge in [0.25, 0.3) is 0 Å². The van der Waals surface area contributed by atoms with Crippen LogP contribution in [-0.4, -0.2) is 34.2 Å². The Labute approximate surface area is 258 Å². The minimum absolute atomic E-state index is 0.149. The second kappa shape index (κ2) is 11.8. The number of Topliss-reactive ketones (excluding diaryl/α,β-unsaturated/α-hetero) is 3. The number of carbonyl (C=O) groups excluding carboxylic acids is 3. The molecular formula is C38H50O5. The van der Waals surface area contributed by atoms with E-state index in [1.165, 1.54) is 11.1 Å². The van der Waals surface area contributed by atoms with Gasteiger partial charge in [0.15, 0.2) is 22.8 Å². The first-order valence-electron chi connectivity index (χ1n) is 15.7. The maximum Gasteiger partial charge on any atom is 0.184 e. The summed E-state index contributed by atoms with van der Waals surface area (Å²) in [5.41, 5.74) is -0.919. The topological polar surface area (TPSA) is 80.7 Å². The van der Waals surface area contributed by atoms with Crippen molar-refractivity contribution in [1.29, 1.82) is 0 Å². The van der Waals surface area contributed by atoms with Gasteiger partial charge in [0, 0.05) is 17.6 Å². The van der Waals surface area contributed by atoms with E-state index in [0.29, 0.717) is 29.7 Å². The van der Waals surface area contributed by atoms with Gasteiger partial charge in [0.1, 0.15) is 11.9 Å². The van der Waals surface area contributed by atoms with Crippen molar-refractivity contribution < 1.29 is 24.2 Å². The van der Waals surface area contributed by atoms with E-state index in [0.717, 1.165) is 18.4 Å². The van der Waals surface area contributed by atoms with Crippen molar-refractivity contribution in [1.82, 2.24) is 0 Å². The van der Waals surface area contributed by atoms with Gasteiger partial charge in [-0.1, -0.05) is 79.1 Å². The average Bonchev–Trinajstić information content (AvgIpc) is 3.31. The first-order valence-corrected chi connectivity index (χ1v) is 15.7. The van der Waals surface area contributed by atoms with Crippen LogP contribution in [0.15, 0.2) is 76.6 Å². The quantitative estimate of drug-likeness (QED) is 0.169. The Morgan fingerprint density at radius 1 is 0.977 bits per heavy atom. The highest BCUT2D eigenvalue weighted by Crippen LogP contribution is 2.68. The van der Waals surface area contributed by atoms with Crippen molar-refractivity contribution in [3.05, 3.63) is 82.2 Å². The fourth-order valence-electron chi connectivity index (χ4n) is 7.49. The molecule has 1 aromatic rings. The molecule has 0 radical (unpaired) electrons. The van der Waals surface area contributed by atoms with Gasteiger partial charge >= 0.3 is 0 Å². The fraction of sp³-hybridized carbons (Fsp3) is 0.553. The Bertz CT molecular complexity index is 1410. The summed E-state index contributed by atoms with van der Waals surface area (Å²) in [5, 5.41) is 11.1. The largest absolute Gasteiger partial charge is 0.490 e. The summed E-state index contributed by atoms with van der Waals surface area (Å²) in [6, 6.07) is 8.79. The molecule has 0 aromatic heterocycles. The summed E-state index contributed by atoms with van der Waals surface area (Å²) in [4.78, 5) is 45.0. The van der Waals surface area contributed by atoms with Crippen LogP contribution in [0.4, 0.5) is 0 Å². The molecule has 1 N–H and O–H groups in total. The van der Waals surface area contributed by atoms with Crippen molar-refractivity contribution in [3.63, 3.8) is 0 Å². The molecule has 232 valence electrons. The van der Waals surface area contributed by atoms with Crippen LogP contribution in [0.5, 0.6) is 0 Å². The van der Waals surface area contributed by atoms with Gasteiger partial charge in [0.05, 0.1) is 11.0 Å². The van der Waals surface area contributed by atoms with Crippen LogP contribution in [-0.2, 0) is 14.3 Å². The Kier molecular flexibility index (Phi) is 9.02. The molecule has 1 saturated heterocycles. The van der Waals surface area contributed by atoms with Crippen molar-refractivity contribution in [2.45, 2.75) is 113 Å². The standard InChI is InChI=1S/C38H50O5/c1-24(2)14-13-15-26(5)19-20-28-22-37-23-30(36(8,9)42)43-33(37)29(21-18-25(3)4)32(40)38(34(37)41,35(28,6)7)31(39)27-16-11-10-12-17-27/h10-12,14,16-19,28,30,42H,13,15,20-23H2,1-9H3/b26-19+/t28-,30-,37-,38-/m1/s1. The van der Waals surface area contributed by atoms with Gasteiger partial charge in [-0.3, -0.25) is 14.4 Å². The Balaban J connectivity index is 1.95. The molecule has 5 heteroatoms. The highest BCUT2D eigenvalue weighted by atomic mass is 16.5. The van der Waals surface area contributed by atoms with Gasteiger partial charge in [-0.25, -0.2) is 0 Å². The van der Waals surface area contributed by atoms with Crippen LogP contribution >= 0.6 is 0 Å². The van der Waals surface area contributed by atoms with Gasteiger partial charge in [-0.2, -0.15) is 0 Å². The van der Waals surface area contributed by atoms with Crippen molar-refractivity contribution in [2.24, 2.45) is 22.2 Å². The smallest absolute Gasteiger partial charge is 0.184 e. The summed E-state index contributed by atoms with van der Waals surface area (Å²) in [6.07, 6.45) is 9.26.